The molecule has 0 rings (SSSR count). The minimum absolute atomic E-state index is 0.494. The van der Waals surface area contributed by atoms with Crippen molar-refractivity contribution in [1.29, 1.82) is 0 Å². The molecule has 1 heteroatoms. The second-order valence-electron chi connectivity index (χ2n) is 3.56. The van der Waals surface area contributed by atoms with E-state index in [1.807, 2.05) is 32.1 Å². The number of aliphatic hydroxyl groups is 1. The third-order valence-electron chi connectivity index (χ3n) is 2.10. The molecule has 0 aromatic heterocycles. The van der Waals surface area contributed by atoms with Crippen LogP contribution in [0.2, 0.25) is 0 Å². The highest BCUT2D eigenvalue weighted by atomic mass is 16.3. The maximum Gasteiger partial charge on any atom is 0.0797 e. The Morgan fingerprint density at radius 3 is 2.58 bits per heavy atom. The van der Waals surface area contributed by atoms with Gasteiger partial charge in [0.1, 0.15) is 0 Å². The van der Waals surface area contributed by atoms with Crippen molar-refractivity contribution in [3.05, 3.63) is 24.8 Å². The molecular formula is C11H20O. The SMILES string of the molecule is C=CC(C)C/C=C/C(C)(O)CC. The monoisotopic (exact) mass is 168 g/mol. The maximum atomic E-state index is 9.60. The summed E-state index contributed by atoms with van der Waals surface area (Å²) in [4.78, 5) is 0. The van der Waals surface area contributed by atoms with Gasteiger partial charge >= 0.3 is 0 Å². The Morgan fingerprint density at radius 1 is 1.58 bits per heavy atom. The summed E-state index contributed by atoms with van der Waals surface area (Å²) in [5, 5.41) is 9.60. The lowest BCUT2D eigenvalue weighted by atomic mass is 10.0. The molecule has 0 aromatic rings. The van der Waals surface area contributed by atoms with Crippen LogP contribution in [0.5, 0.6) is 0 Å². The largest absolute Gasteiger partial charge is 0.386 e. The van der Waals surface area contributed by atoms with E-state index in [4.69, 9.17) is 0 Å². The Balaban J connectivity index is 3.83. The molecule has 1 nitrogen and oxygen atoms in total. The number of hydrogen-bond donors (Lipinski definition) is 1. The molecule has 0 saturated heterocycles. The van der Waals surface area contributed by atoms with Gasteiger partial charge in [0, 0.05) is 0 Å². The van der Waals surface area contributed by atoms with E-state index in [2.05, 4.69) is 13.5 Å². The van der Waals surface area contributed by atoms with E-state index in [-0.39, 0.29) is 0 Å². The highest BCUT2D eigenvalue weighted by Crippen LogP contribution is 2.12. The van der Waals surface area contributed by atoms with E-state index in [1.165, 1.54) is 0 Å². The van der Waals surface area contributed by atoms with Crippen LogP contribution >= 0.6 is 0 Å². The van der Waals surface area contributed by atoms with Crippen molar-refractivity contribution in [2.75, 3.05) is 0 Å². The molecule has 12 heavy (non-hydrogen) atoms. The molecule has 70 valence electrons. The molecule has 0 aliphatic heterocycles. The zero-order chi connectivity index (χ0) is 9.61. The second-order valence-corrected chi connectivity index (χ2v) is 3.56. The van der Waals surface area contributed by atoms with Crippen molar-refractivity contribution in [3.63, 3.8) is 0 Å². The summed E-state index contributed by atoms with van der Waals surface area (Å²) in [6, 6.07) is 0. The standard InChI is InChI=1S/C11H20O/c1-5-10(3)8-7-9-11(4,12)6-2/h5,7,9-10,12H,1,6,8H2,2-4H3/b9-7+. The van der Waals surface area contributed by atoms with Gasteiger partial charge in [0.2, 0.25) is 0 Å². The summed E-state index contributed by atoms with van der Waals surface area (Å²) in [5.41, 5.74) is -0.638. The van der Waals surface area contributed by atoms with Gasteiger partial charge in [-0.05, 0) is 25.7 Å². The van der Waals surface area contributed by atoms with E-state index < -0.39 is 5.60 Å². The Hall–Kier alpha value is -0.560. The van der Waals surface area contributed by atoms with Crippen LogP contribution in [-0.4, -0.2) is 10.7 Å². The van der Waals surface area contributed by atoms with Gasteiger partial charge in [0.05, 0.1) is 5.60 Å². The highest BCUT2D eigenvalue weighted by Gasteiger charge is 2.11. The first-order chi connectivity index (χ1) is 5.52. The average molecular weight is 168 g/mol. The summed E-state index contributed by atoms with van der Waals surface area (Å²) in [6.07, 6.45) is 7.53. The summed E-state index contributed by atoms with van der Waals surface area (Å²) < 4.78 is 0. The van der Waals surface area contributed by atoms with Crippen molar-refractivity contribution in [1.82, 2.24) is 0 Å². The Morgan fingerprint density at radius 2 is 2.17 bits per heavy atom. The third-order valence-corrected chi connectivity index (χ3v) is 2.10. The first-order valence-corrected chi connectivity index (χ1v) is 4.54. The van der Waals surface area contributed by atoms with E-state index >= 15 is 0 Å². The Labute approximate surface area is 75.8 Å². The quantitative estimate of drug-likeness (QED) is 0.626. The van der Waals surface area contributed by atoms with E-state index in [1.54, 1.807) is 0 Å². The van der Waals surface area contributed by atoms with E-state index in [0.29, 0.717) is 5.92 Å². The second kappa shape index (κ2) is 5.15. The summed E-state index contributed by atoms with van der Waals surface area (Å²) in [5.74, 6) is 0.494. The minimum atomic E-state index is -0.638. The van der Waals surface area contributed by atoms with Crippen LogP contribution in [0.3, 0.4) is 0 Å². The van der Waals surface area contributed by atoms with Crippen LogP contribution < -0.4 is 0 Å². The van der Waals surface area contributed by atoms with Crippen LogP contribution in [0.1, 0.15) is 33.6 Å². The maximum absolute atomic E-state index is 9.60. The van der Waals surface area contributed by atoms with Gasteiger partial charge in [0.25, 0.3) is 0 Å². The van der Waals surface area contributed by atoms with Crippen molar-refractivity contribution in [2.45, 2.75) is 39.2 Å². The lowest BCUT2D eigenvalue weighted by molar-refractivity contribution is 0.107. The average Bonchev–Trinajstić information content (AvgIpc) is 2.04. The molecule has 0 heterocycles. The molecule has 1 N–H and O–H groups in total. The fraction of sp³-hybridized carbons (Fsp3) is 0.636. The van der Waals surface area contributed by atoms with Crippen molar-refractivity contribution < 1.29 is 5.11 Å². The van der Waals surface area contributed by atoms with Gasteiger partial charge < -0.3 is 5.11 Å². The van der Waals surface area contributed by atoms with E-state index in [0.717, 1.165) is 12.8 Å². The predicted octanol–water partition coefficient (Wildman–Crippen LogP) is 2.92. The topological polar surface area (TPSA) is 20.2 Å². The number of hydrogen-bond acceptors (Lipinski definition) is 1. The first kappa shape index (κ1) is 11.4. The van der Waals surface area contributed by atoms with Gasteiger partial charge in [-0.25, -0.2) is 0 Å². The minimum Gasteiger partial charge on any atom is -0.386 e. The van der Waals surface area contributed by atoms with Crippen molar-refractivity contribution in [2.24, 2.45) is 5.92 Å². The molecule has 0 spiro atoms. The highest BCUT2D eigenvalue weighted by molar-refractivity contribution is 4.98. The molecule has 0 saturated carbocycles. The summed E-state index contributed by atoms with van der Waals surface area (Å²) >= 11 is 0. The molecule has 0 bridgehead atoms. The fourth-order valence-corrected chi connectivity index (χ4v) is 0.751. The van der Waals surface area contributed by atoms with Gasteiger partial charge in [-0.2, -0.15) is 0 Å². The van der Waals surface area contributed by atoms with Crippen molar-refractivity contribution in [3.8, 4) is 0 Å². The van der Waals surface area contributed by atoms with Gasteiger partial charge in [-0.3, -0.25) is 0 Å². The summed E-state index contributed by atoms with van der Waals surface area (Å²) in [6.45, 7) is 9.60. The lowest BCUT2D eigenvalue weighted by Gasteiger charge is -2.15. The molecule has 0 aliphatic carbocycles. The molecule has 0 radical (unpaired) electrons. The summed E-state index contributed by atoms with van der Waals surface area (Å²) in [7, 11) is 0. The van der Waals surface area contributed by atoms with Crippen LogP contribution in [-0.2, 0) is 0 Å². The zero-order valence-electron chi connectivity index (χ0n) is 8.38. The van der Waals surface area contributed by atoms with Gasteiger partial charge in [0.15, 0.2) is 0 Å². The number of allylic oxidation sites excluding steroid dienone is 2. The lowest BCUT2D eigenvalue weighted by Crippen LogP contribution is -2.18. The first-order valence-electron chi connectivity index (χ1n) is 4.54. The fourth-order valence-electron chi connectivity index (χ4n) is 0.751. The third kappa shape index (κ3) is 5.14. The van der Waals surface area contributed by atoms with Crippen LogP contribution in [0.4, 0.5) is 0 Å². The smallest absolute Gasteiger partial charge is 0.0797 e. The predicted molar refractivity (Wildman–Crippen MR) is 54.0 cm³/mol. The molecule has 2 unspecified atom stereocenters. The molecule has 0 aliphatic rings. The van der Waals surface area contributed by atoms with Gasteiger partial charge in [-0.15, -0.1) is 6.58 Å². The Bertz CT molecular complexity index is 156. The molecule has 0 aromatic carbocycles. The molecule has 0 amide bonds. The zero-order valence-corrected chi connectivity index (χ0v) is 8.38. The van der Waals surface area contributed by atoms with Crippen LogP contribution in [0, 0.1) is 5.92 Å². The van der Waals surface area contributed by atoms with Crippen molar-refractivity contribution >= 4 is 0 Å². The number of rotatable bonds is 5. The van der Waals surface area contributed by atoms with Crippen LogP contribution in [0.25, 0.3) is 0 Å². The van der Waals surface area contributed by atoms with Crippen LogP contribution in [0.15, 0.2) is 24.8 Å². The molecule has 2 atom stereocenters. The van der Waals surface area contributed by atoms with Gasteiger partial charge in [-0.1, -0.05) is 32.1 Å². The Kier molecular flexibility index (Phi) is 4.91. The molecule has 0 fully saturated rings. The normalized spacial score (nSPS) is 19.0. The van der Waals surface area contributed by atoms with E-state index in [9.17, 15) is 5.11 Å². The molecular weight excluding hydrogens is 148 g/mol.